The van der Waals surface area contributed by atoms with Gasteiger partial charge in [-0.05, 0) is 36.6 Å². The lowest BCUT2D eigenvalue weighted by Gasteiger charge is -2.07. The lowest BCUT2D eigenvalue weighted by Crippen LogP contribution is -2.12. The van der Waals surface area contributed by atoms with Gasteiger partial charge in [0, 0.05) is 5.02 Å². The van der Waals surface area contributed by atoms with Gasteiger partial charge in [-0.2, -0.15) is 0 Å². The predicted octanol–water partition coefficient (Wildman–Crippen LogP) is 2.48. The van der Waals surface area contributed by atoms with Gasteiger partial charge >= 0.3 is 0 Å². The molecule has 0 bridgehead atoms. The van der Waals surface area contributed by atoms with E-state index in [1.165, 1.54) is 5.56 Å². The second-order valence-electron chi connectivity index (χ2n) is 3.17. The Bertz CT molecular complexity index is 247. The molecule has 0 aliphatic rings. The molecule has 1 unspecified atom stereocenters. The molecule has 0 saturated carbocycles. The monoisotopic (exact) mass is 183 g/mol. The first kappa shape index (κ1) is 9.56. The lowest BCUT2D eigenvalue weighted by atomic mass is 10.0. The fourth-order valence-electron chi connectivity index (χ4n) is 1.15. The fraction of sp³-hybridized carbons (Fsp3) is 0.400. The maximum absolute atomic E-state index is 5.84. The van der Waals surface area contributed by atoms with Crippen LogP contribution in [0, 0.1) is 5.92 Å². The number of benzene rings is 1. The minimum Gasteiger partial charge on any atom is -0.330 e. The van der Waals surface area contributed by atoms with Gasteiger partial charge < -0.3 is 5.73 Å². The minimum absolute atomic E-state index is 0.531. The molecule has 0 aromatic heterocycles. The molecule has 0 spiro atoms. The average molecular weight is 184 g/mol. The molecule has 2 N–H and O–H groups in total. The third-order valence-electron chi connectivity index (χ3n) is 1.88. The van der Waals surface area contributed by atoms with E-state index in [1.54, 1.807) is 0 Å². The van der Waals surface area contributed by atoms with Gasteiger partial charge in [-0.15, -0.1) is 0 Å². The first-order valence-electron chi connectivity index (χ1n) is 4.17. The zero-order chi connectivity index (χ0) is 8.97. The van der Waals surface area contributed by atoms with Gasteiger partial charge in [-0.1, -0.05) is 30.7 Å². The van der Waals surface area contributed by atoms with E-state index >= 15 is 0 Å². The van der Waals surface area contributed by atoms with E-state index in [4.69, 9.17) is 17.3 Å². The van der Waals surface area contributed by atoms with Crippen molar-refractivity contribution in [3.63, 3.8) is 0 Å². The molecule has 2 heteroatoms. The maximum atomic E-state index is 5.84. The fourth-order valence-corrected chi connectivity index (χ4v) is 1.36. The molecule has 0 radical (unpaired) electrons. The summed E-state index contributed by atoms with van der Waals surface area (Å²) in [6.07, 6.45) is 1.01. The second kappa shape index (κ2) is 4.48. The molecule has 1 aromatic rings. The first-order valence-corrected chi connectivity index (χ1v) is 4.54. The highest BCUT2D eigenvalue weighted by Gasteiger charge is 2.00. The van der Waals surface area contributed by atoms with Gasteiger partial charge in [0.05, 0.1) is 0 Å². The van der Waals surface area contributed by atoms with Crippen LogP contribution in [0.1, 0.15) is 12.5 Å². The van der Waals surface area contributed by atoms with Crippen molar-refractivity contribution in [2.24, 2.45) is 11.7 Å². The number of halogens is 1. The number of hydrogen-bond donors (Lipinski definition) is 1. The van der Waals surface area contributed by atoms with Crippen LogP contribution < -0.4 is 5.73 Å². The summed E-state index contributed by atoms with van der Waals surface area (Å²) in [6.45, 7) is 2.87. The Hall–Kier alpha value is -0.530. The Morgan fingerprint density at radius 2 is 2.25 bits per heavy atom. The molecule has 0 heterocycles. The van der Waals surface area contributed by atoms with Gasteiger partial charge in [-0.25, -0.2) is 0 Å². The molecule has 0 aliphatic carbocycles. The lowest BCUT2D eigenvalue weighted by molar-refractivity contribution is 0.593. The van der Waals surface area contributed by atoms with Crippen molar-refractivity contribution in [1.82, 2.24) is 0 Å². The van der Waals surface area contributed by atoms with Crippen LogP contribution in [-0.2, 0) is 6.42 Å². The normalized spacial score (nSPS) is 12.9. The molecule has 1 atom stereocenters. The average Bonchev–Trinajstić information content (AvgIpc) is 2.04. The smallest absolute Gasteiger partial charge is 0.0408 e. The van der Waals surface area contributed by atoms with Crippen LogP contribution in [0.4, 0.5) is 0 Å². The molecule has 0 aliphatic heterocycles. The summed E-state index contributed by atoms with van der Waals surface area (Å²) in [7, 11) is 0. The Kier molecular flexibility index (Phi) is 3.57. The molecular weight excluding hydrogens is 170 g/mol. The van der Waals surface area contributed by atoms with E-state index < -0.39 is 0 Å². The van der Waals surface area contributed by atoms with E-state index in [0.717, 1.165) is 18.0 Å². The summed E-state index contributed by atoms with van der Waals surface area (Å²) >= 11 is 5.84. The standard InChI is InChI=1S/C10H14ClN/c1-8(7-12)5-9-3-2-4-10(11)6-9/h2-4,6,8H,5,7,12H2,1H3. The van der Waals surface area contributed by atoms with Gasteiger partial charge in [0.15, 0.2) is 0 Å². The molecule has 0 saturated heterocycles. The highest BCUT2D eigenvalue weighted by molar-refractivity contribution is 6.30. The Morgan fingerprint density at radius 1 is 1.50 bits per heavy atom. The van der Waals surface area contributed by atoms with Gasteiger partial charge in [0.25, 0.3) is 0 Å². The zero-order valence-electron chi connectivity index (χ0n) is 7.26. The molecule has 1 rings (SSSR count). The van der Waals surface area contributed by atoms with Crippen LogP contribution in [0.15, 0.2) is 24.3 Å². The van der Waals surface area contributed by atoms with Crippen molar-refractivity contribution < 1.29 is 0 Å². The number of nitrogens with two attached hydrogens (primary N) is 1. The van der Waals surface area contributed by atoms with E-state index in [1.807, 2.05) is 18.2 Å². The van der Waals surface area contributed by atoms with E-state index in [2.05, 4.69) is 13.0 Å². The van der Waals surface area contributed by atoms with E-state index in [-0.39, 0.29) is 0 Å². The van der Waals surface area contributed by atoms with Crippen LogP contribution in [0.2, 0.25) is 5.02 Å². The quantitative estimate of drug-likeness (QED) is 0.766. The van der Waals surface area contributed by atoms with E-state index in [9.17, 15) is 0 Å². The van der Waals surface area contributed by atoms with Crippen molar-refractivity contribution in [3.05, 3.63) is 34.9 Å². The van der Waals surface area contributed by atoms with Crippen LogP contribution >= 0.6 is 11.6 Å². The summed E-state index contributed by atoms with van der Waals surface area (Å²) in [4.78, 5) is 0. The van der Waals surface area contributed by atoms with Crippen LogP contribution in [0.25, 0.3) is 0 Å². The minimum atomic E-state index is 0.531. The van der Waals surface area contributed by atoms with Crippen molar-refractivity contribution in [3.8, 4) is 0 Å². The summed E-state index contributed by atoms with van der Waals surface area (Å²) in [5, 5.41) is 0.803. The van der Waals surface area contributed by atoms with Gasteiger partial charge in [-0.3, -0.25) is 0 Å². The molecule has 12 heavy (non-hydrogen) atoms. The summed E-state index contributed by atoms with van der Waals surface area (Å²) in [6, 6.07) is 7.94. The van der Waals surface area contributed by atoms with Gasteiger partial charge in [0.2, 0.25) is 0 Å². The first-order chi connectivity index (χ1) is 5.72. The number of rotatable bonds is 3. The Morgan fingerprint density at radius 3 is 2.83 bits per heavy atom. The summed E-state index contributed by atoms with van der Waals surface area (Å²) < 4.78 is 0. The van der Waals surface area contributed by atoms with Crippen LogP contribution in [0.5, 0.6) is 0 Å². The second-order valence-corrected chi connectivity index (χ2v) is 3.61. The summed E-state index contributed by atoms with van der Waals surface area (Å²) in [5.74, 6) is 0.531. The molecular formula is C10H14ClN. The molecule has 0 fully saturated rings. The van der Waals surface area contributed by atoms with Crippen LogP contribution in [0.3, 0.4) is 0 Å². The zero-order valence-corrected chi connectivity index (χ0v) is 8.01. The molecule has 0 amide bonds. The highest BCUT2D eigenvalue weighted by Crippen LogP contribution is 2.13. The van der Waals surface area contributed by atoms with E-state index in [0.29, 0.717) is 5.92 Å². The predicted molar refractivity (Wildman–Crippen MR) is 53.4 cm³/mol. The van der Waals surface area contributed by atoms with Gasteiger partial charge in [0.1, 0.15) is 0 Å². The molecule has 1 nitrogen and oxygen atoms in total. The van der Waals surface area contributed by atoms with Crippen molar-refractivity contribution in [1.29, 1.82) is 0 Å². The Labute approximate surface area is 78.5 Å². The Balaban J connectivity index is 2.63. The topological polar surface area (TPSA) is 26.0 Å². The summed E-state index contributed by atoms with van der Waals surface area (Å²) in [5.41, 5.74) is 6.79. The third kappa shape index (κ3) is 2.84. The van der Waals surface area contributed by atoms with Crippen molar-refractivity contribution >= 4 is 11.6 Å². The molecule has 1 aromatic carbocycles. The maximum Gasteiger partial charge on any atom is 0.0408 e. The third-order valence-corrected chi connectivity index (χ3v) is 2.11. The van der Waals surface area contributed by atoms with Crippen molar-refractivity contribution in [2.45, 2.75) is 13.3 Å². The van der Waals surface area contributed by atoms with Crippen molar-refractivity contribution in [2.75, 3.05) is 6.54 Å². The van der Waals surface area contributed by atoms with Crippen LogP contribution in [-0.4, -0.2) is 6.54 Å². The number of hydrogen-bond acceptors (Lipinski definition) is 1. The highest BCUT2D eigenvalue weighted by atomic mass is 35.5. The molecule has 66 valence electrons. The largest absolute Gasteiger partial charge is 0.330 e. The SMILES string of the molecule is CC(CN)Cc1cccc(Cl)c1.